The van der Waals surface area contributed by atoms with Crippen LogP contribution in [0.25, 0.3) is 21.9 Å². The van der Waals surface area contributed by atoms with Gasteiger partial charge in [-0.3, -0.25) is 4.90 Å². The highest BCUT2D eigenvalue weighted by molar-refractivity contribution is 5.84. The third-order valence-electron chi connectivity index (χ3n) is 5.56. The molecule has 0 bridgehead atoms. The molecule has 4 aromatic rings. The van der Waals surface area contributed by atoms with E-state index in [9.17, 15) is 0 Å². The van der Waals surface area contributed by atoms with Crippen LogP contribution in [0, 0.1) is 0 Å². The molecule has 0 aliphatic carbocycles. The van der Waals surface area contributed by atoms with Gasteiger partial charge in [-0.15, -0.1) is 0 Å². The molecule has 3 heterocycles. The summed E-state index contributed by atoms with van der Waals surface area (Å²) >= 11 is 0. The molecule has 5 nitrogen and oxygen atoms in total. The summed E-state index contributed by atoms with van der Waals surface area (Å²) < 4.78 is 12.0. The molecule has 0 amide bonds. The average Bonchev–Trinajstić information content (AvgIpc) is 3.29. The zero-order valence-corrected chi connectivity index (χ0v) is 15.2. The van der Waals surface area contributed by atoms with Crippen molar-refractivity contribution < 1.29 is 8.94 Å². The second-order valence-electron chi connectivity index (χ2n) is 7.19. The summed E-state index contributed by atoms with van der Waals surface area (Å²) in [5.74, 6) is 1.01. The first-order chi connectivity index (χ1) is 13.4. The van der Waals surface area contributed by atoms with Gasteiger partial charge in [0.25, 0.3) is 0 Å². The van der Waals surface area contributed by atoms with Gasteiger partial charge < -0.3 is 14.7 Å². The molecule has 1 aliphatic heterocycles. The average molecular weight is 361 g/mol. The van der Waals surface area contributed by atoms with Crippen LogP contribution in [0.2, 0.25) is 0 Å². The second kappa shape index (κ2) is 6.83. The van der Waals surface area contributed by atoms with E-state index < -0.39 is 0 Å². The first-order valence-corrected chi connectivity index (χ1v) is 9.65. The van der Waals surface area contributed by atoms with Gasteiger partial charge in [0.05, 0.1) is 0 Å². The molecule has 2 N–H and O–H groups in total. The lowest BCUT2D eigenvalue weighted by atomic mass is 9.94. The molecular weight excluding hydrogens is 338 g/mol. The molecule has 27 heavy (non-hydrogen) atoms. The number of aromatic nitrogens is 1. The Bertz CT molecular complexity index is 1080. The summed E-state index contributed by atoms with van der Waals surface area (Å²) in [6.07, 6.45) is 3.08. The molecule has 0 spiro atoms. The molecule has 0 radical (unpaired) electrons. The number of para-hydroxylation sites is 2. The minimum absolute atomic E-state index is 0.0254. The fourth-order valence-corrected chi connectivity index (χ4v) is 4.25. The summed E-state index contributed by atoms with van der Waals surface area (Å²) in [4.78, 5) is 2.46. The van der Waals surface area contributed by atoms with Crippen LogP contribution in [0.5, 0.6) is 0 Å². The zero-order valence-electron chi connectivity index (χ0n) is 15.2. The van der Waals surface area contributed by atoms with Crippen LogP contribution in [0.1, 0.15) is 35.9 Å². The van der Waals surface area contributed by atoms with E-state index in [1.165, 1.54) is 10.9 Å². The Labute approximate surface area is 157 Å². The van der Waals surface area contributed by atoms with Gasteiger partial charge in [-0.2, -0.15) is 0 Å². The highest BCUT2D eigenvalue weighted by atomic mass is 16.5. The zero-order chi connectivity index (χ0) is 18.2. The summed E-state index contributed by atoms with van der Waals surface area (Å²) in [5, 5.41) is 6.74. The predicted molar refractivity (Wildman–Crippen MR) is 106 cm³/mol. The van der Waals surface area contributed by atoms with Gasteiger partial charge in [0, 0.05) is 22.9 Å². The Kier molecular flexibility index (Phi) is 4.19. The van der Waals surface area contributed by atoms with Crippen molar-refractivity contribution in [1.29, 1.82) is 0 Å². The van der Waals surface area contributed by atoms with Crippen LogP contribution in [0.15, 0.2) is 57.5 Å². The lowest BCUT2D eigenvalue weighted by molar-refractivity contribution is 0.181. The van der Waals surface area contributed by atoms with Crippen molar-refractivity contribution in [3.8, 4) is 0 Å². The van der Waals surface area contributed by atoms with E-state index in [0.29, 0.717) is 0 Å². The molecular formula is C22H23N3O2. The molecule has 0 saturated heterocycles. The van der Waals surface area contributed by atoms with E-state index in [4.69, 9.17) is 14.7 Å². The van der Waals surface area contributed by atoms with Gasteiger partial charge in [0.15, 0.2) is 5.58 Å². The first kappa shape index (κ1) is 16.5. The van der Waals surface area contributed by atoms with E-state index in [1.54, 1.807) is 0 Å². The number of hydrogen-bond acceptors (Lipinski definition) is 5. The summed E-state index contributed by atoms with van der Waals surface area (Å²) in [6.45, 7) is 2.67. The minimum Gasteiger partial charge on any atom is -0.459 e. The van der Waals surface area contributed by atoms with Crippen molar-refractivity contribution in [2.75, 3.05) is 19.6 Å². The summed E-state index contributed by atoms with van der Waals surface area (Å²) in [7, 11) is 0. The highest BCUT2D eigenvalue weighted by Gasteiger charge is 2.36. The minimum atomic E-state index is -0.0254. The lowest BCUT2D eigenvalue weighted by Gasteiger charge is -2.33. The quantitative estimate of drug-likeness (QED) is 0.538. The molecule has 1 atom stereocenters. The van der Waals surface area contributed by atoms with Crippen LogP contribution >= 0.6 is 0 Å². The second-order valence-corrected chi connectivity index (χ2v) is 7.19. The topological polar surface area (TPSA) is 68.4 Å². The van der Waals surface area contributed by atoms with Gasteiger partial charge >= 0.3 is 0 Å². The van der Waals surface area contributed by atoms with Crippen LogP contribution in [-0.2, 0) is 6.42 Å². The third-order valence-corrected chi connectivity index (χ3v) is 5.56. The number of fused-ring (bicyclic) bond motifs is 4. The van der Waals surface area contributed by atoms with Crippen molar-refractivity contribution in [3.05, 3.63) is 65.5 Å². The Morgan fingerprint density at radius 1 is 1.00 bits per heavy atom. The molecule has 2 aromatic carbocycles. The number of nitrogens with two attached hydrogens (primary N) is 1. The van der Waals surface area contributed by atoms with Gasteiger partial charge in [-0.05, 0) is 50.6 Å². The molecule has 0 fully saturated rings. The number of nitrogens with zero attached hydrogens (tertiary/aromatic N) is 2. The predicted octanol–water partition coefficient (Wildman–Crippen LogP) is 4.26. The maximum Gasteiger partial charge on any atom is 0.167 e. The molecule has 5 heteroatoms. The Morgan fingerprint density at radius 3 is 2.63 bits per heavy atom. The molecule has 1 unspecified atom stereocenters. The van der Waals surface area contributed by atoms with Crippen molar-refractivity contribution in [1.82, 2.24) is 10.1 Å². The number of hydrogen-bond donors (Lipinski definition) is 1. The van der Waals surface area contributed by atoms with E-state index in [0.717, 1.165) is 66.9 Å². The third kappa shape index (κ3) is 2.74. The molecule has 0 saturated carbocycles. The van der Waals surface area contributed by atoms with Gasteiger partial charge in [0.1, 0.15) is 23.1 Å². The Morgan fingerprint density at radius 2 is 1.78 bits per heavy atom. The molecule has 5 rings (SSSR count). The van der Waals surface area contributed by atoms with Gasteiger partial charge in [0.2, 0.25) is 0 Å². The first-order valence-electron chi connectivity index (χ1n) is 9.65. The molecule has 2 aromatic heterocycles. The van der Waals surface area contributed by atoms with Gasteiger partial charge in [-0.25, -0.2) is 0 Å². The fraction of sp³-hybridized carbons (Fsp3) is 0.318. The van der Waals surface area contributed by atoms with E-state index in [2.05, 4.69) is 28.3 Å². The number of rotatable bonds is 5. The van der Waals surface area contributed by atoms with E-state index >= 15 is 0 Å². The Balaban J connectivity index is 1.65. The van der Waals surface area contributed by atoms with Crippen molar-refractivity contribution in [2.24, 2.45) is 5.73 Å². The smallest absolute Gasteiger partial charge is 0.167 e. The van der Waals surface area contributed by atoms with E-state index in [1.807, 2.05) is 30.3 Å². The fourth-order valence-electron chi connectivity index (χ4n) is 4.25. The van der Waals surface area contributed by atoms with Crippen molar-refractivity contribution in [3.63, 3.8) is 0 Å². The number of furan rings is 1. The largest absolute Gasteiger partial charge is 0.459 e. The molecule has 1 aliphatic rings. The normalized spacial score (nSPS) is 17.6. The molecule has 138 valence electrons. The summed E-state index contributed by atoms with van der Waals surface area (Å²) in [5.41, 5.74) is 9.72. The Hall–Kier alpha value is -2.63. The van der Waals surface area contributed by atoms with Gasteiger partial charge in [-0.1, -0.05) is 35.5 Å². The van der Waals surface area contributed by atoms with E-state index in [-0.39, 0.29) is 6.04 Å². The number of benzene rings is 2. The van der Waals surface area contributed by atoms with Crippen LogP contribution in [-0.4, -0.2) is 29.7 Å². The van der Waals surface area contributed by atoms with Crippen LogP contribution < -0.4 is 5.73 Å². The van der Waals surface area contributed by atoms with Crippen molar-refractivity contribution >= 4 is 21.9 Å². The van der Waals surface area contributed by atoms with Crippen molar-refractivity contribution in [2.45, 2.75) is 25.3 Å². The van der Waals surface area contributed by atoms with Crippen LogP contribution in [0.4, 0.5) is 0 Å². The highest BCUT2D eigenvalue weighted by Crippen LogP contribution is 2.42. The maximum atomic E-state index is 6.36. The van der Waals surface area contributed by atoms with Crippen LogP contribution in [0.3, 0.4) is 0 Å². The lowest BCUT2D eigenvalue weighted by Crippen LogP contribution is -2.36. The monoisotopic (exact) mass is 361 g/mol. The summed E-state index contributed by atoms with van der Waals surface area (Å²) in [6, 6.07) is 16.3. The number of unbranched alkanes of at least 4 members (excludes halogenated alkanes) is 1. The standard InChI is InChI=1S/C22H23N3O2/c23-12-5-6-13-25-14-11-16-15-7-1-3-9-18(15)26-22(16)21(25)20-17-8-2-4-10-19(17)27-24-20/h1-4,7-10,21H,5-6,11-14,23H2. The maximum absolute atomic E-state index is 6.36. The SMILES string of the molecule is NCCCCN1CCc2c(oc3ccccc23)C1c1noc2ccccc12.